The van der Waals surface area contributed by atoms with Crippen molar-refractivity contribution >= 4 is 0 Å². The lowest BCUT2D eigenvalue weighted by Gasteiger charge is -2.22. The quantitative estimate of drug-likeness (QED) is 0.661. The number of methoxy groups -OCH3 is 1. The zero-order valence-corrected chi connectivity index (χ0v) is 9.25. The van der Waals surface area contributed by atoms with Gasteiger partial charge in [-0.15, -0.1) is 0 Å². The van der Waals surface area contributed by atoms with E-state index in [1.807, 2.05) is 13.8 Å². The second-order valence-corrected chi connectivity index (χ2v) is 3.61. The number of nitrogens with two attached hydrogens (primary N) is 1. The molecule has 2 unspecified atom stereocenters. The van der Waals surface area contributed by atoms with Crippen LogP contribution in [0.5, 0.6) is 0 Å². The third kappa shape index (κ3) is 6.02. The van der Waals surface area contributed by atoms with Crippen molar-refractivity contribution in [1.82, 2.24) is 0 Å². The van der Waals surface area contributed by atoms with Crippen LogP contribution in [0, 0.1) is 0 Å². The molecule has 0 saturated carbocycles. The van der Waals surface area contributed by atoms with Gasteiger partial charge in [-0.3, -0.25) is 0 Å². The molecule has 2 N–H and O–H groups in total. The molecule has 3 heteroatoms. The smallest absolute Gasteiger partial charge is 0.0744 e. The van der Waals surface area contributed by atoms with Gasteiger partial charge in [0.05, 0.1) is 24.9 Å². The van der Waals surface area contributed by atoms with Crippen molar-refractivity contribution in [3.8, 4) is 0 Å². The van der Waals surface area contributed by atoms with Crippen molar-refractivity contribution < 1.29 is 9.47 Å². The zero-order valence-electron chi connectivity index (χ0n) is 9.25. The van der Waals surface area contributed by atoms with E-state index >= 15 is 0 Å². The molecule has 2 atom stereocenters. The average molecular weight is 189 g/mol. The lowest BCUT2D eigenvalue weighted by Crippen LogP contribution is -2.40. The van der Waals surface area contributed by atoms with Gasteiger partial charge >= 0.3 is 0 Å². The van der Waals surface area contributed by atoms with Gasteiger partial charge < -0.3 is 15.2 Å². The van der Waals surface area contributed by atoms with Crippen LogP contribution in [0.15, 0.2) is 0 Å². The van der Waals surface area contributed by atoms with Gasteiger partial charge in [0.25, 0.3) is 0 Å². The first kappa shape index (κ1) is 12.9. The fourth-order valence-electron chi connectivity index (χ4n) is 1.20. The number of ether oxygens (including phenoxy) is 2. The molecule has 0 amide bonds. The van der Waals surface area contributed by atoms with Crippen LogP contribution in [0.4, 0.5) is 0 Å². The van der Waals surface area contributed by atoms with Crippen LogP contribution in [0.3, 0.4) is 0 Å². The summed E-state index contributed by atoms with van der Waals surface area (Å²) in [5, 5.41) is 0. The van der Waals surface area contributed by atoms with Gasteiger partial charge in [0.15, 0.2) is 0 Å². The third-order valence-electron chi connectivity index (χ3n) is 1.98. The first-order valence-electron chi connectivity index (χ1n) is 5.01. The molecule has 0 rings (SSSR count). The topological polar surface area (TPSA) is 44.5 Å². The molecule has 0 aromatic rings. The van der Waals surface area contributed by atoms with Gasteiger partial charge in [0, 0.05) is 7.11 Å². The molecule has 13 heavy (non-hydrogen) atoms. The first-order chi connectivity index (χ1) is 6.11. The van der Waals surface area contributed by atoms with Crippen molar-refractivity contribution in [2.24, 2.45) is 5.73 Å². The van der Waals surface area contributed by atoms with Crippen molar-refractivity contribution in [2.75, 3.05) is 13.7 Å². The summed E-state index contributed by atoms with van der Waals surface area (Å²) in [7, 11) is 1.70. The molecule has 0 saturated heterocycles. The van der Waals surface area contributed by atoms with Gasteiger partial charge in [0.2, 0.25) is 0 Å². The van der Waals surface area contributed by atoms with Crippen LogP contribution < -0.4 is 5.73 Å². The Morgan fingerprint density at radius 1 is 1.31 bits per heavy atom. The third-order valence-corrected chi connectivity index (χ3v) is 1.98. The highest BCUT2D eigenvalue weighted by Crippen LogP contribution is 2.05. The van der Waals surface area contributed by atoms with E-state index in [2.05, 4.69) is 6.92 Å². The Kier molecular flexibility index (Phi) is 7.23. The Bertz CT molecular complexity index is 117. The van der Waals surface area contributed by atoms with Gasteiger partial charge in [0.1, 0.15) is 0 Å². The highest BCUT2D eigenvalue weighted by atomic mass is 16.5. The Balaban J connectivity index is 3.69. The van der Waals surface area contributed by atoms with Crippen LogP contribution >= 0.6 is 0 Å². The van der Waals surface area contributed by atoms with Crippen molar-refractivity contribution in [2.45, 2.75) is 51.9 Å². The Hall–Kier alpha value is -0.120. The van der Waals surface area contributed by atoms with E-state index in [1.54, 1.807) is 7.11 Å². The standard InChI is InChI=1S/C10H23NO2/c1-5-6-10(12-4)9(11)7-13-8(2)3/h8-10H,5-7,11H2,1-4H3. The SMILES string of the molecule is CCCC(OC)C(N)COC(C)C. The molecule has 0 aliphatic rings. The molecule has 3 nitrogen and oxygen atoms in total. The summed E-state index contributed by atoms with van der Waals surface area (Å²) in [6.45, 7) is 6.72. The minimum Gasteiger partial charge on any atom is -0.380 e. The number of rotatable bonds is 7. The number of hydrogen-bond acceptors (Lipinski definition) is 3. The summed E-state index contributed by atoms with van der Waals surface area (Å²) in [5.41, 5.74) is 5.91. The molecule has 0 spiro atoms. The molecular formula is C10H23NO2. The Morgan fingerprint density at radius 3 is 2.31 bits per heavy atom. The highest BCUT2D eigenvalue weighted by Gasteiger charge is 2.16. The van der Waals surface area contributed by atoms with E-state index in [-0.39, 0.29) is 18.2 Å². The Labute approximate surface area is 81.6 Å². The summed E-state index contributed by atoms with van der Waals surface area (Å²) in [6, 6.07) is -0.00708. The van der Waals surface area contributed by atoms with Crippen molar-refractivity contribution in [3.05, 3.63) is 0 Å². The maximum atomic E-state index is 5.91. The van der Waals surface area contributed by atoms with E-state index in [4.69, 9.17) is 15.2 Å². The molecule has 80 valence electrons. The van der Waals surface area contributed by atoms with E-state index < -0.39 is 0 Å². The van der Waals surface area contributed by atoms with Crippen LogP contribution in [-0.2, 0) is 9.47 Å². The lowest BCUT2D eigenvalue weighted by molar-refractivity contribution is 0.00994. The minimum absolute atomic E-state index is 0.00708. The summed E-state index contributed by atoms with van der Waals surface area (Å²) in [5.74, 6) is 0. The predicted molar refractivity (Wildman–Crippen MR) is 54.8 cm³/mol. The first-order valence-corrected chi connectivity index (χ1v) is 5.01. The minimum atomic E-state index is -0.00708. The molecule has 0 aromatic heterocycles. The fourth-order valence-corrected chi connectivity index (χ4v) is 1.20. The summed E-state index contributed by atoms with van der Waals surface area (Å²) < 4.78 is 10.7. The van der Waals surface area contributed by atoms with E-state index in [0.29, 0.717) is 6.61 Å². The lowest BCUT2D eigenvalue weighted by atomic mass is 10.1. The maximum Gasteiger partial charge on any atom is 0.0744 e. The summed E-state index contributed by atoms with van der Waals surface area (Å²) in [6.07, 6.45) is 2.46. The van der Waals surface area contributed by atoms with Crippen LogP contribution in [0.2, 0.25) is 0 Å². The molecule has 0 radical (unpaired) electrons. The highest BCUT2D eigenvalue weighted by molar-refractivity contribution is 4.72. The molecular weight excluding hydrogens is 166 g/mol. The second kappa shape index (κ2) is 7.30. The molecule has 0 bridgehead atoms. The molecule has 0 aliphatic carbocycles. The fraction of sp³-hybridized carbons (Fsp3) is 1.00. The van der Waals surface area contributed by atoms with Crippen molar-refractivity contribution in [1.29, 1.82) is 0 Å². The van der Waals surface area contributed by atoms with Gasteiger partial charge in [-0.25, -0.2) is 0 Å². The van der Waals surface area contributed by atoms with Gasteiger partial charge in [-0.1, -0.05) is 13.3 Å². The second-order valence-electron chi connectivity index (χ2n) is 3.61. The molecule has 0 aliphatic heterocycles. The van der Waals surface area contributed by atoms with E-state index in [0.717, 1.165) is 12.8 Å². The predicted octanol–water partition coefficient (Wildman–Crippen LogP) is 1.55. The van der Waals surface area contributed by atoms with Crippen molar-refractivity contribution in [3.63, 3.8) is 0 Å². The van der Waals surface area contributed by atoms with Gasteiger partial charge in [-0.05, 0) is 20.3 Å². The molecule has 0 heterocycles. The van der Waals surface area contributed by atoms with Crippen LogP contribution in [0.1, 0.15) is 33.6 Å². The van der Waals surface area contributed by atoms with Gasteiger partial charge in [-0.2, -0.15) is 0 Å². The average Bonchev–Trinajstić information content (AvgIpc) is 2.10. The van der Waals surface area contributed by atoms with E-state index in [1.165, 1.54) is 0 Å². The van der Waals surface area contributed by atoms with E-state index in [9.17, 15) is 0 Å². The number of hydrogen-bond donors (Lipinski definition) is 1. The maximum absolute atomic E-state index is 5.91. The summed E-state index contributed by atoms with van der Waals surface area (Å²) >= 11 is 0. The van der Waals surface area contributed by atoms with Crippen LogP contribution in [-0.4, -0.2) is 32.0 Å². The normalized spacial score (nSPS) is 16.2. The molecule has 0 fully saturated rings. The molecule has 0 aromatic carbocycles. The Morgan fingerprint density at radius 2 is 1.92 bits per heavy atom. The van der Waals surface area contributed by atoms with Crippen LogP contribution in [0.25, 0.3) is 0 Å². The summed E-state index contributed by atoms with van der Waals surface area (Å²) in [4.78, 5) is 0. The largest absolute Gasteiger partial charge is 0.380 e. The monoisotopic (exact) mass is 189 g/mol. The zero-order chi connectivity index (χ0) is 10.3.